The van der Waals surface area contributed by atoms with E-state index in [0.717, 1.165) is 11.8 Å². The Morgan fingerprint density at radius 2 is 1.79 bits per heavy atom. The van der Waals surface area contributed by atoms with Crippen molar-refractivity contribution in [2.24, 2.45) is 17.8 Å². The van der Waals surface area contributed by atoms with Crippen LogP contribution in [0.2, 0.25) is 0 Å². The van der Waals surface area contributed by atoms with Crippen molar-refractivity contribution in [3.63, 3.8) is 0 Å². The Kier molecular flexibility index (Phi) is 2.03. The van der Waals surface area contributed by atoms with Crippen LogP contribution in [-0.2, 0) is 4.79 Å². The van der Waals surface area contributed by atoms with Crippen molar-refractivity contribution in [3.8, 4) is 0 Å². The first-order chi connectivity index (χ1) is 6.84. The molecule has 2 aliphatic carbocycles. The fraction of sp³-hybridized carbons (Fsp3) is 0.917. The van der Waals surface area contributed by atoms with E-state index in [1.54, 1.807) is 0 Å². The van der Waals surface area contributed by atoms with Gasteiger partial charge in [-0.3, -0.25) is 4.79 Å². The Hall–Kier alpha value is -0.530. The van der Waals surface area contributed by atoms with Crippen LogP contribution in [0.3, 0.4) is 0 Å². The highest BCUT2D eigenvalue weighted by molar-refractivity contribution is 5.81. The van der Waals surface area contributed by atoms with Crippen molar-refractivity contribution < 1.29 is 4.79 Å². The van der Waals surface area contributed by atoms with E-state index in [9.17, 15) is 4.79 Å². The van der Waals surface area contributed by atoms with Gasteiger partial charge >= 0.3 is 0 Å². The Labute approximate surface area is 85.4 Å². The van der Waals surface area contributed by atoms with Gasteiger partial charge in [0.05, 0.1) is 0 Å². The Morgan fingerprint density at radius 1 is 1.00 bits per heavy atom. The second-order valence-electron chi connectivity index (χ2n) is 5.34. The molecule has 1 aliphatic heterocycles. The number of amides is 1. The monoisotopic (exact) mass is 193 g/mol. The van der Waals surface area contributed by atoms with Crippen molar-refractivity contribution in [1.29, 1.82) is 0 Å². The SMILES string of the molecule is O=C1NC2CCCC[C@@H]2CC[C@@H]2C[C@H]12. The molecule has 0 aromatic rings. The number of carbonyl (C=O) groups excluding carboxylic acids is 1. The molecule has 0 bridgehead atoms. The molecule has 1 saturated heterocycles. The maximum atomic E-state index is 11.8. The highest BCUT2D eigenvalue weighted by atomic mass is 16.2. The molecule has 1 amide bonds. The third kappa shape index (κ3) is 1.45. The van der Waals surface area contributed by atoms with Crippen LogP contribution in [0.4, 0.5) is 0 Å². The second-order valence-corrected chi connectivity index (χ2v) is 5.34. The number of fused-ring (bicyclic) bond motifs is 2. The zero-order valence-electron chi connectivity index (χ0n) is 8.67. The van der Waals surface area contributed by atoms with Gasteiger partial charge in [-0.25, -0.2) is 0 Å². The second kappa shape index (κ2) is 3.25. The van der Waals surface area contributed by atoms with E-state index in [0.29, 0.717) is 17.9 Å². The molecule has 0 spiro atoms. The molecule has 2 heteroatoms. The summed E-state index contributed by atoms with van der Waals surface area (Å²) in [5, 5.41) is 3.27. The van der Waals surface area contributed by atoms with Gasteiger partial charge in [-0.1, -0.05) is 12.8 Å². The minimum atomic E-state index is 0.367. The van der Waals surface area contributed by atoms with E-state index in [1.165, 1.54) is 44.9 Å². The van der Waals surface area contributed by atoms with Crippen molar-refractivity contribution in [3.05, 3.63) is 0 Å². The summed E-state index contributed by atoms with van der Waals surface area (Å²) in [6, 6.07) is 0.526. The fourth-order valence-electron chi connectivity index (χ4n) is 3.35. The van der Waals surface area contributed by atoms with Gasteiger partial charge in [0.1, 0.15) is 0 Å². The molecule has 1 unspecified atom stereocenters. The van der Waals surface area contributed by atoms with Gasteiger partial charge < -0.3 is 5.32 Å². The zero-order chi connectivity index (χ0) is 9.54. The average molecular weight is 193 g/mol. The molecule has 2 saturated carbocycles. The highest BCUT2D eigenvalue weighted by Gasteiger charge is 2.45. The van der Waals surface area contributed by atoms with E-state index in [2.05, 4.69) is 5.32 Å². The largest absolute Gasteiger partial charge is 0.353 e. The quantitative estimate of drug-likeness (QED) is 0.627. The van der Waals surface area contributed by atoms with Crippen LogP contribution >= 0.6 is 0 Å². The van der Waals surface area contributed by atoms with Crippen LogP contribution in [0.25, 0.3) is 0 Å². The van der Waals surface area contributed by atoms with E-state index >= 15 is 0 Å². The van der Waals surface area contributed by atoms with Crippen molar-refractivity contribution >= 4 is 5.91 Å². The fourth-order valence-corrected chi connectivity index (χ4v) is 3.35. The summed E-state index contributed by atoms with van der Waals surface area (Å²) in [5.74, 6) is 2.32. The summed E-state index contributed by atoms with van der Waals surface area (Å²) in [7, 11) is 0. The van der Waals surface area contributed by atoms with Crippen LogP contribution < -0.4 is 5.32 Å². The molecule has 3 fully saturated rings. The standard InChI is InChI=1S/C12H19NO/c14-12-10-7-9(10)6-5-8-3-1-2-4-11(8)13-12/h8-11H,1-7H2,(H,13,14)/t8-,9-,10+,11?/m1/s1. The Morgan fingerprint density at radius 3 is 2.71 bits per heavy atom. The van der Waals surface area contributed by atoms with Gasteiger partial charge in [0.25, 0.3) is 0 Å². The Bertz CT molecular complexity index is 251. The molecule has 3 aliphatic rings. The summed E-state index contributed by atoms with van der Waals surface area (Å²) >= 11 is 0. The van der Waals surface area contributed by atoms with E-state index in [-0.39, 0.29) is 0 Å². The molecule has 4 atom stereocenters. The normalized spacial score (nSPS) is 46.7. The lowest BCUT2D eigenvalue weighted by atomic mass is 9.80. The van der Waals surface area contributed by atoms with Crippen molar-refractivity contribution in [2.45, 2.75) is 51.0 Å². The van der Waals surface area contributed by atoms with Crippen molar-refractivity contribution in [2.75, 3.05) is 0 Å². The average Bonchev–Trinajstić information content (AvgIpc) is 2.93. The first-order valence-corrected chi connectivity index (χ1v) is 6.15. The predicted molar refractivity (Wildman–Crippen MR) is 54.7 cm³/mol. The molecule has 14 heavy (non-hydrogen) atoms. The maximum absolute atomic E-state index is 11.8. The van der Waals surface area contributed by atoms with Crippen LogP contribution in [-0.4, -0.2) is 11.9 Å². The molecular weight excluding hydrogens is 174 g/mol. The molecule has 3 rings (SSSR count). The van der Waals surface area contributed by atoms with Crippen LogP contribution in [0.15, 0.2) is 0 Å². The van der Waals surface area contributed by atoms with Crippen LogP contribution in [0.5, 0.6) is 0 Å². The number of nitrogens with one attached hydrogen (secondary N) is 1. The molecule has 0 aromatic carbocycles. The Balaban J connectivity index is 1.72. The number of hydrogen-bond donors (Lipinski definition) is 1. The zero-order valence-corrected chi connectivity index (χ0v) is 8.67. The van der Waals surface area contributed by atoms with Gasteiger partial charge in [-0.15, -0.1) is 0 Å². The molecule has 0 radical (unpaired) electrons. The smallest absolute Gasteiger partial charge is 0.223 e. The predicted octanol–water partition coefficient (Wildman–Crippen LogP) is 2.09. The van der Waals surface area contributed by atoms with E-state index in [4.69, 9.17) is 0 Å². The summed E-state index contributed by atoms with van der Waals surface area (Å²) < 4.78 is 0. The number of carbonyl (C=O) groups is 1. The summed E-state index contributed by atoms with van der Waals surface area (Å²) in [6.45, 7) is 0. The first kappa shape index (κ1) is 8.75. The van der Waals surface area contributed by atoms with E-state index in [1.807, 2.05) is 0 Å². The third-order valence-electron chi connectivity index (χ3n) is 4.40. The van der Waals surface area contributed by atoms with Crippen LogP contribution in [0.1, 0.15) is 44.9 Å². The maximum Gasteiger partial charge on any atom is 0.223 e. The number of hydrogen-bond acceptors (Lipinski definition) is 1. The molecule has 2 nitrogen and oxygen atoms in total. The molecule has 78 valence electrons. The van der Waals surface area contributed by atoms with E-state index < -0.39 is 0 Å². The summed E-state index contributed by atoms with van der Waals surface area (Å²) in [6.07, 6.45) is 9.13. The third-order valence-corrected chi connectivity index (χ3v) is 4.40. The summed E-state index contributed by atoms with van der Waals surface area (Å²) in [4.78, 5) is 11.8. The minimum Gasteiger partial charge on any atom is -0.353 e. The lowest BCUT2D eigenvalue weighted by Crippen LogP contribution is -2.44. The van der Waals surface area contributed by atoms with Crippen molar-refractivity contribution in [1.82, 2.24) is 5.32 Å². The topological polar surface area (TPSA) is 29.1 Å². The molecule has 0 aromatic heterocycles. The molecular formula is C12H19NO. The van der Waals surface area contributed by atoms with Gasteiger partial charge in [0, 0.05) is 12.0 Å². The minimum absolute atomic E-state index is 0.367. The first-order valence-electron chi connectivity index (χ1n) is 6.15. The highest BCUT2D eigenvalue weighted by Crippen LogP contribution is 2.45. The lowest BCUT2D eigenvalue weighted by Gasteiger charge is -2.33. The lowest BCUT2D eigenvalue weighted by molar-refractivity contribution is -0.124. The number of rotatable bonds is 0. The van der Waals surface area contributed by atoms with Gasteiger partial charge in [0.15, 0.2) is 0 Å². The molecule has 1 heterocycles. The van der Waals surface area contributed by atoms with Gasteiger partial charge in [-0.05, 0) is 43.9 Å². The van der Waals surface area contributed by atoms with Crippen LogP contribution in [0, 0.1) is 17.8 Å². The van der Waals surface area contributed by atoms with Gasteiger partial charge in [0.2, 0.25) is 5.91 Å². The van der Waals surface area contributed by atoms with Gasteiger partial charge in [-0.2, -0.15) is 0 Å². The molecule has 1 N–H and O–H groups in total. The summed E-state index contributed by atoms with van der Waals surface area (Å²) in [5.41, 5.74) is 0.